The molecule has 5 atom stereocenters. The quantitative estimate of drug-likeness (QED) is 0.0617. The standard InChI is InChI=1S/C30H42N8O12/c31-17(7-10-25(43)44)26(45)36-18(8-9-22(32)40)29(48)38-11-1-2-21(38)28(47)34-14-24(42)35-19(12-15-3-5-16(39)6-4-15)27(46)37-20(30(49)50)13-23(33)41/h3-6,17-21,39H,1-2,7-14,31H2,(H2,32,40)(H2,33,41)(H,34,47)(H,35,42)(H,36,45)(H,37,46)(H,43,44)(H,49,50)/t17-,18-,19-,20-,21-/m0/s1. The molecule has 20 heteroatoms. The van der Waals surface area contributed by atoms with Crippen molar-refractivity contribution in [1.82, 2.24) is 26.2 Å². The monoisotopic (exact) mass is 706 g/mol. The third-order valence-corrected chi connectivity index (χ3v) is 7.61. The van der Waals surface area contributed by atoms with Crippen LogP contribution in [0.25, 0.3) is 0 Å². The van der Waals surface area contributed by atoms with Gasteiger partial charge in [-0.2, -0.15) is 0 Å². The van der Waals surface area contributed by atoms with Crippen LogP contribution in [0.5, 0.6) is 5.75 Å². The summed E-state index contributed by atoms with van der Waals surface area (Å²) in [6, 6.07) is -1.23. The van der Waals surface area contributed by atoms with Gasteiger partial charge in [0.1, 0.15) is 29.9 Å². The molecule has 20 nitrogen and oxygen atoms in total. The van der Waals surface area contributed by atoms with Crippen LogP contribution in [0, 0.1) is 0 Å². The van der Waals surface area contributed by atoms with Gasteiger partial charge in [-0.25, -0.2) is 4.79 Å². The van der Waals surface area contributed by atoms with E-state index in [1.54, 1.807) is 0 Å². The molecule has 0 aromatic heterocycles. The van der Waals surface area contributed by atoms with Crippen LogP contribution in [-0.4, -0.2) is 117 Å². The molecule has 274 valence electrons. The summed E-state index contributed by atoms with van der Waals surface area (Å²) in [5.74, 6) is -8.77. The van der Waals surface area contributed by atoms with E-state index in [2.05, 4.69) is 21.3 Å². The van der Waals surface area contributed by atoms with Gasteiger partial charge in [0.15, 0.2) is 0 Å². The van der Waals surface area contributed by atoms with E-state index in [0.717, 1.165) is 4.90 Å². The fourth-order valence-electron chi connectivity index (χ4n) is 5.02. The van der Waals surface area contributed by atoms with Gasteiger partial charge >= 0.3 is 11.9 Å². The number of primary amides is 2. The van der Waals surface area contributed by atoms with E-state index in [4.69, 9.17) is 22.3 Å². The van der Waals surface area contributed by atoms with Gasteiger partial charge in [-0.3, -0.25) is 38.4 Å². The number of likely N-dealkylation sites (tertiary alicyclic amines) is 1. The van der Waals surface area contributed by atoms with Gasteiger partial charge in [0, 0.05) is 25.8 Å². The zero-order valence-electron chi connectivity index (χ0n) is 27.0. The molecule has 0 bridgehead atoms. The number of rotatable bonds is 20. The molecule has 1 saturated heterocycles. The molecule has 1 fully saturated rings. The van der Waals surface area contributed by atoms with Gasteiger partial charge in [0.2, 0.25) is 41.4 Å². The Morgan fingerprint density at radius 3 is 2.04 bits per heavy atom. The normalized spacial score (nSPS) is 16.2. The van der Waals surface area contributed by atoms with E-state index in [0.29, 0.717) is 12.0 Å². The number of nitrogens with one attached hydrogen (secondary N) is 4. The summed E-state index contributed by atoms with van der Waals surface area (Å²) in [6.07, 6.45) is -1.52. The highest BCUT2D eigenvalue weighted by Crippen LogP contribution is 2.20. The van der Waals surface area contributed by atoms with Crippen LogP contribution in [0.15, 0.2) is 24.3 Å². The number of amides is 7. The maximum Gasteiger partial charge on any atom is 0.326 e. The summed E-state index contributed by atoms with van der Waals surface area (Å²) in [5, 5.41) is 37.1. The van der Waals surface area contributed by atoms with Crippen molar-refractivity contribution in [2.24, 2.45) is 17.2 Å². The molecule has 2 rings (SSSR count). The van der Waals surface area contributed by atoms with Crippen molar-refractivity contribution in [3.63, 3.8) is 0 Å². The number of carboxylic acid groups (broad SMARTS) is 2. The minimum Gasteiger partial charge on any atom is -0.508 e. The van der Waals surface area contributed by atoms with Gasteiger partial charge in [0.25, 0.3) is 0 Å². The van der Waals surface area contributed by atoms with Crippen molar-refractivity contribution in [2.75, 3.05) is 13.1 Å². The molecule has 1 heterocycles. The summed E-state index contributed by atoms with van der Waals surface area (Å²) < 4.78 is 0. The Morgan fingerprint density at radius 2 is 1.46 bits per heavy atom. The molecule has 1 aliphatic rings. The van der Waals surface area contributed by atoms with Crippen molar-refractivity contribution in [1.29, 1.82) is 0 Å². The highest BCUT2D eigenvalue weighted by molar-refractivity contribution is 5.96. The number of aliphatic carboxylic acids is 2. The molecule has 0 aliphatic carbocycles. The predicted molar refractivity (Wildman–Crippen MR) is 170 cm³/mol. The van der Waals surface area contributed by atoms with Crippen LogP contribution >= 0.6 is 0 Å². The Morgan fingerprint density at radius 1 is 0.820 bits per heavy atom. The summed E-state index contributed by atoms with van der Waals surface area (Å²) in [6.45, 7) is -0.595. The highest BCUT2D eigenvalue weighted by Gasteiger charge is 2.38. The topological polar surface area (TPSA) is 344 Å². The molecule has 13 N–H and O–H groups in total. The molecule has 1 aromatic rings. The van der Waals surface area contributed by atoms with Gasteiger partial charge in [-0.15, -0.1) is 0 Å². The maximum absolute atomic E-state index is 13.5. The smallest absolute Gasteiger partial charge is 0.326 e. The van der Waals surface area contributed by atoms with Crippen LogP contribution in [0.2, 0.25) is 0 Å². The molecule has 0 unspecified atom stereocenters. The molecule has 0 spiro atoms. The Hall–Kier alpha value is -5.79. The van der Waals surface area contributed by atoms with Crippen LogP contribution in [0.3, 0.4) is 0 Å². The van der Waals surface area contributed by atoms with E-state index in [1.165, 1.54) is 24.3 Å². The van der Waals surface area contributed by atoms with Crippen molar-refractivity contribution in [3.8, 4) is 5.75 Å². The van der Waals surface area contributed by atoms with Crippen LogP contribution < -0.4 is 38.5 Å². The number of aromatic hydroxyl groups is 1. The average Bonchev–Trinajstić information content (AvgIpc) is 3.54. The predicted octanol–water partition coefficient (Wildman–Crippen LogP) is -4.09. The van der Waals surface area contributed by atoms with Crippen molar-refractivity contribution >= 4 is 53.3 Å². The lowest BCUT2D eigenvalue weighted by atomic mass is 10.0. The first-order valence-corrected chi connectivity index (χ1v) is 15.5. The number of nitrogens with zero attached hydrogens (tertiary/aromatic N) is 1. The number of phenols is 1. The lowest BCUT2D eigenvalue weighted by molar-refractivity contribution is -0.143. The third kappa shape index (κ3) is 13.4. The van der Waals surface area contributed by atoms with E-state index in [9.17, 15) is 53.4 Å². The number of hydrogen-bond acceptors (Lipinski definition) is 11. The van der Waals surface area contributed by atoms with E-state index in [1.807, 2.05) is 0 Å². The second kappa shape index (κ2) is 19.3. The third-order valence-electron chi connectivity index (χ3n) is 7.61. The summed E-state index contributed by atoms with van der Waals surface area (Å²) in [5.41, 5.74) is 16.5. The molecule has 50 heavy (non-hydrogen) atoms. The SMILES string of the molecule is NC(=O)CC[C@H](NC(=O)[C@@H](N)CCC(=O)O)C(=O)N1CCC[C@H]1C(=O)NCC(=O)N[C@@H](Cc1ccc(O)cc1)C(=O)N[C@@H](CC(N)=O)C(=O)O. The Balaban J connectivity index is 2.12. The molecule has 0 radical (unpaired) electrons. The number of benzene rings is 1. The molecule has 7 amide bonds. The number of nitrogens with two attached hydrogens (primary N) is 3. The first kappa shape index (κ1) is 40.4. The molecule has 0 saturated carbocycles. The maximum atomic E-state index is 13.5. The second-order valence-corrected chi connectivity index (χ2v) is 11.6. The number of phenolic OH excluding ortho intramolecular Hbond substituents is 1. The Bertz CT molecular complexity index is 1450. The largest absolute Gasteiger partial charge is 0.508 e. The number of hydrogen-bond donors (Lipinski definition) is 10. The number of carbonyl (C=O) groups excluding carboxylic acids is 7. The highest BCUT2D eigenvalue weighted by atomic mass is 16.4. The van der Waals surface area contributed by atoms with E-state index >= 15 is 0 Å². The summed E-state index contributed by atoms with van der Waals surface area (Å²) >= 11 is 0. The minimum absolute atomic E-state index is 0.0748. The zero-order valence-corrected chi connectivity index (χ0v) is 27.0. The fraction of sp³-hybridized carbons (Fsp3) is 0.500. The first-order valence-electron chi connectivity index (χ1n) is 15.5. The van der Waals surface area contributed by atoms with E-state index < -0.39 is 103 Å². The fourth-order valence-corrected chi connectivity index (χ4v) is 5.02. The summed E-state index contributed by atoms with van der Waals surface area (Å²) in [4.78, 5) is 111. The van der Waals surface area contributed by atoms with Crippen LogP contribution in [-0.2, 0) is 49.6 Å². The Kier molecular flexibility index (Phi) is 15.6. The second-order valence-electron chi connectivity index (χ2n) is 11.6. The Labute approximate surface area is 285 Å². The first-order chi connectivity index (χ1) is 23.5. The van der Waals surface area contributed by atoms with Crippen molar-refractivity contribution in [2.45, 2.75) is 81.6 Å². The lowest BCUT2D eigenvalue weighted by Gasteiger charge is -2.29. The molecular formula is C30H42N8O12. The van der Waals surface area contributed by atoms with Gasteiger partial charge in [-0.1, -0.05) is 12.1 Å². The molecular weight excluding hydrogens is 664 g/mol. The van der Waals surface area contributed by atoms with Gasteiger partial charge in [0.05, 0.1) is 19.0 Å². The average molecular weight is 707 g/mol. The van der Waals surface area contributed by atoms with Gasteiger partial charge < -0.3 is 58.7 Å². The van der Waals surface area contributed by atoms with Crippen LogP contribution in [0.4, 0.5) is 0 Å². The van der Waals surface area contributed by atoms with Gasteiger partial charge in [-0.05, 0) is 43.4 Å². The van der Waals surface area contributed by atoms with Crippen molar-refractivity contribution < 1.29 is 58.5 Å². The zero-order chi connectivity index (χ0) is 37.5. The molecule has 1 aromatic carbocycles. The van der Waals surface area contributed by atoms with Crippen LogP contribution in [0.1, 0.15) is 50.5 Å². The molecule has 1 aliphatic heterocycles. The lowest BCUT2D eigenvalue weighted by Crippen LogP contribution is -2.57. The van der Waals surface area contributed by atoms with E-state index in [-0.39, 0.29) is 44.4 Å². The number of carbonyl (C=O) groups is 9. The minimum atomic E-state index is -1.69. The number of carboxylic acids is 2. The van der Waals surface area contributed by atoms with Crippen molar-refractivity contribution in [3.05, 3.63) is 29.8 Å². The summed E-state index contributed by atoms with van der Waals surface area (Å²) in [7, 11) is 0.